The Balaban J connectivity index is 1.46. The molecule has 0 aromatic heterocycles. The van der Waals surface area contributed by atoms with Gasteiger partial charge in [0.25, 0.3) is 11.8 Å². The van der Waals surface area contributed by atoms with Crippen LogP contribution in [0.1, 0.15) is 46.5 Å². The van der Waals surface area contributed by atoms with Crippen LogP contribution in [-0.4, -0.2) is 35.5 Å². The summed E-state index contributed by atoms with van der Waals surface area (Å²) in [4.78, 5) is 52.1. The molecule has 4 rings (SSSR count). The smallest absolute Gasteiger partial charge is 0.338 e. The van der Waals surface area contributed by atoms with Crippen molar-refractivity contribution in [2.75, 3.05) is 17.2 Å². The summed E-state index contributed by atoms with van der Waals surface area (Å²) in [5.74, 6) is -1.58. The van der Waals surface area contributed by atoms with E-state index in [2.05, 4.69) is 16.0 Å². The van der Waals surface area contributed by atoms with Crippen molar-refractivity contribution < 1.29 is 23.9 Å². The minimum Gasteiger partial charge on any atom is -0.462 e. The van der Waals surface area contributed by atoms with Crippen molar-refractivity contribution in [2.45, 2.75) is 30.4 Å². The molecule has 3 amide bonds. The van der Waals surface area contributed by atoms with Crippen LogP contribution in [0, 0.1) is 0 Å². The van der Waals surface area contributed by atoms with Gasteiger partial charge in [-0.05, 0) is 91.7 Å². The van der Waals surface area contributed by atoms with Crippen LogP contribution < -0.4 is 16.0 Å². The molecule has 0 aliphatic carbocycles. The molecule has 1 atom stereocenters. The number of esters is 1. The van der Waals surface area contributed by atoms with Gasteiger partial charge in [-0.25, -0.2) is 4.79 Å². The number of nitrogens with one attached hydrogen (secondary N) is 3. The minimum absolute atomic E-state index is 0.0314. The van der Waals surface area contributed by atoms with E-state index in [0.717, 1.165) is 4.90 Å². The summed E-state index contributed by atoms with van der Waals surface area (Å²) in [5, 5.41) is 8.52. The largest absolute Gasteiger partial charge is 0.462 e. The summed E-state index contributed by atoms with van der Waals surface area (Å²) < 4.78 is 5.00. The molecule has 1 unspecified atom stereocenters. The van der Waals surface area contributed by atoms with Crippen molar-refractivity contribution in [3.63, 3.8) is 0 Å². The molecule has 4 aromatic rings. The number of amides is 3. The number of carbonyl (C=O) groups is 4. The van der Waals surface area contributed by atoms with E-state index in [9.17, 15) is 19.2 Å². The van der Waals surface area contributed by atoms with Crippen molar-refractivity contribution in [3.8, 4) is 0 Å². The van der Waals surface area contributed by atoms with Crippen LogP contribution in [0.5, 0.6) is 0 Å². The maximum atomic E-state index is 13.4. The first-order chi connectivity index (χ1) is 21.7. The molecule has 0 heterocycles. The number of carbonyl (C=O) groups excluding carboxylic acids is 4. The first kappa shape index (κ1) is 33.0. The van der Waals surface area contributed by atoms with Crippen LogP contribution in [0.25, 0.3) is 6.08 Å². The maximum Gasteiger partial charge on any atom is 0.338 e. The van der Waals surface area contributed by atoms with Gasteiger partial charge in [0.15, 0.2) is 0 Å². The average Bonchev–Trinajstić information content (AvgIpc) is 3.04. The fraction of sp³-hybridized carbons (Fsp3) is 0.143. The Morgan fingerprint density at radius 1 is 0.800 bits per heavy atom. The Morgan fingerprint density at radius 3 is 2.22 bits per heavy atom. The first-order valence-electron chi connectivity index (χ1n) is 14.3. The van der Waals surface area contributed by atoms with Crippen LogP contribution in [-0.2, 0) is 14.3 Å². The summed E-state index contributed by atoms with van der Waals surface area (Å²) in [6.07, 6.45) is 2.10. The van der Waals surface area contributed by atoms with Crippen molar-refractivity contribution >= 4 is 64.5 Å². The van der Waals surface area contributed by atoms with E-state index in [0.29, 0.717) is 39.5 Å². The van der Waals surface area contributed by atoms with Gasteiger partial charge in [0.2, 0.25) is 5.91 Å². The highest BCUT2D eigenvalue weighted by Gasteiger charge is 2.20. The van der Waals surface area contributed by atoms with E-state index in [1.54, 1.807) is 110 Å². The predicted molar refractivity (Wildman–Crippen MR) is 179 cm³/mol. The van der Waals surface area contributed by atoms with Gasteiger partial charge in [-0.15, -0.1) is 11.8 Å². The van der Waals surface area contributed by atoms with E-state index in [4.69, 9.17) is 16.3 Å². The molecule has 0 aliphatic heterocycles. The molecule has 45 heavy (non-hydrogen) atoms. The molecule has 10 heteroatoms. The zero-order chi connectivity index (χ0) is 32.2. The van der Waals surface area contributed by atoms with Gasteiger partial charge in [0.05, 0.1) is 17.4 Å². The molecule has 0 saturated carbocycles. The molecule has 0 fully saturated rings. The lowest BCUT2D eigenvalue weighted by atomic mass is 10.1. The normalized spacial score (nSPS) is 11.7. The van der Waals surface area contributed by atoms with Gasteiger partial charge in [0, 0.05) is 26.9 Å². The van der Waals surface area contributed by atoms with Gasteiger partial charge in [-0.1, -0.05) is 54.9 Å². The molecule has 0 spiro atoms. The van der Waals surface area contributed by atoms with Crippen LogP contribution in [0.2, 0.25) is 5.02 Å². The lowest BCUT2D eigenvalue weighted by Crippen LogP contribution is -2.30. The molecule has 0 saturated heterocycles. The minimum atomic E-state index is -0.530. The molecular formula is C35H32ClN3O5S. The number of benzene rings is 4. The number of thioether (sulfide) groups is 1. The lowest BCUT2D eigenvalue weighted by molar-refractivity contribution is -0.116. The highest BCUT2D eigenvalue weighted by molar-refractivity contribution is 8.00. The second-order valence-corrected chi connectivity index (χ2v) is 11.4. The van der Waals surface area contributed by atoms with Gasteiger partial charge in [-0.3, -0.25) is 14.4 Å². The first-order valence-corrected chi connectivity index (χ1v) is 15.5. The third-order valence-corrected chi connectivity index (χ3v) is 7.98. The highest BCUT2D eigenvalue weighted by atomic mass is 35.5. The van der Waals surface area contributed by atoms with Crippen LogP contribution in [0.4, 0.5) is 11.4 Å². The standard InChI is InChI=1S/C35H32ClN3O5S/c1-3-31(34(42)37-27-18-16-25(17-19-27)35(43)44-4-2)45-29-15-9-14-28(22-29)38-33(41)30(21-23-10-8-13-26(36)20-23)39-32(40)24-11-6-5-7-12-24/h5-22,31H,3-4H2,1-2H3,(H,37,42)(H,38,41)(H,39,40)/b30-21-. The van der Waals surface area contributed by atoms with Gasteiger partial charge >= 0.3 is 5.97 Å². The lowest BCUT2D eigenvalue weighted by Gasteiger charge is -2.16. The molecule has 4 aromatic carbocycles. The Bertz CT molecular complexity index is 1690. The Labute approximate surface area is 271 Å². The number of ether oxygens (including phenoxy) is 1. The van der Waals surface area contributed by atoms with Crippen molar-refractivity contribution in [3.05, 3.63) is 131 Å². The summed E-state index contributed by atoms with van der Waals surface area (Å²) >= 11 is 7.50. The zero-order valence-electron chi connectivity index (χ0n) is 24.7. The fourth-order valence-electron chi connectivity index (χ4n) is 4.16. The van der Waals surface area contributed by atoms with Gasteiger partial charge in [-0.2, -0.15) is 0 Å². The second kappa shape index (κ2) is 16.3. The summed E-state index contributed by atoms with van der Waals surface area (Å²) in [5.41, 5.74) is 2.52. The molecule has 230 valence electrons. The van der Waals surface area contributed by atoms with Crippen molar-refractivity contribution in [1.82, 2.24) is 5.32 Å². The molecular weight excluding hydrogens is 610 g/mol. The van der Waals surface area contributed by atoms with Crippen LogP contribution >= 0.6 is 23.4 Å². The van der Waals surface area contributed by atoms with E-state index < -0.39 is 23.0 Å². The third-order valence-electron chi connectivity index (χ3n) is 6.39. The molecule has 0 bridgehead atoms. The topological polar surface area (TPSA) is 114 Å². The zero-order valence-corrected chi connectivity index (χ0v) is 26.3. The summed E-state index contributed by atoms with van der Waals surface area (Å²) in [7, 11) is 0. The quantitative estimate of drug-likeness (QED) is 0.0842. The number of anilines is 2. The molecule has 0 radical (unpaired) electrons. The molecule has 3 N–H and O–H groups in total. The van der Waals surface area contributed by atoms with E-state index in [-0.39, 0.29) is 18.2 Å². The number of rotatable bonds is 12. The van der Waals surface area contributed by atoms with E-state index in [1.807, 2.05) is 13.0 Å². The predicted octanol–water partition coefficient (Wildman–Crippen LogP) is 7.44. The van der Waals surface area contributed by atoms with Crippen molar-refractivity contribution in [1.29, 1.82) is 0 Å². The Morgan fingerprint density at radius 2 is 1.53 bits per heavy atom. The highest BCUT2D eigenvalue weighted by Crippen LogP contribution is 2.29. The summed E-state index contributed by atoms with van der Waals surface area (Å²) in [6, 6.07) is 29.2. The Hall–Kier alpha value is -4.86. The second-order valence-electron chi connectivity index (χ2n) is 9.72. The molecule has 0 aliphatic rings. The number of halogens is 1. The van der Waals surface area contributed by atoms with E-state index in [1.165, 1.54) is 11.8 Å². The number of hydrogen-bond acceptors (Lipinski definition) is 6. The average molecular weight is 642 g/mol. The fourth-order valence-corrected chi connectivity index (χ4v) is 5.38. The Kier molecular flexibility index (Phi) is 12.0. The van der Waals surface area contributed by atoms with Crippen LogP contribution in [0.15, 0.2) is 114 Å². The number of hydrogen-bond donors (Lipinski definition) is 3. The third kappa shape index (κ3) is 9.82. The SMILES string of the molecule is CCOC(=O)c1ccc(NC(=O)C(CC)Sc2cccc(NC(=O)/C(=C/c3cccc(Cl)c3)NC(=O)c3ccccc3)c2)cc1. The van der Waals surface area contributed by atoms with Gasteiger partial charge < -0.3 is 20.7 Å². The summed E-state index contributed by atoms with van der Waals surface area (Å²) in [6.45, 7) is 3.93. The van der Waals surface area contributed by atoms with Gasteiger partial charge in [0.1, 0.15) is 5.70 Å². The van der Waals surface area contributed by atoms with Crippen LogP contribution in [0.3, 0.4) is 0 Å². The van der Waals surface area contributed by atoms with Crippen molar-refractivity contribution in [2.24, 2.45) is 0 Å². The monoisotopic (exact) mass is 641 g/mol. The molecule has 8 nitrogen and oxygen atoms in total. The maximum absolute atomic E-state index is 13.4. The van der Waals surface area contributed by atoms with E-state index >= 15 is 0 Å².